The molecule has 4 heteroatoms. The Morgan fingerprint density at radius 2 is 2.00 bits per heavy atom. The fourth-order valence-corrected chi connectivity index (χ4v) is 1.99. The van der Waals surface area contributed by atoms with Gasteiger partial charge in [-0.05, 0) is 31.0 Å². The molecule has 0 aliphatic rings. The van der Waals surface area contributed by atoms with Crippen molar-refractivity contribution in [3.05, 3.63) is 47.4 Å². The van der Waals surface area contributed by atoms with Gasteiger partial charge in [0.05, 0.1) is 0 Å². The molecule has 0 aliphatic carbocycles. The first-order valence-electron chi connectivity index (χ1n) is 6.51. The van der Waals surface area contributed by atoms with Gasteiger partial charge in [-0.15, -0.1) is 0 Å². The average Bonchev–Trinajstić information content (AvgIpc) is 2.45. The highest BCUT2D eigenvalue weighted by atomic mass is 15.2. The van der Waals surface area contributed by atoms with Crippen LogP contribution in [-0.4, -0.2) is 17.0 Å². The lowest BCUT2D eigenvalue weighted by atomic mass is 10.2. The van der Waals surface area contributed by atoms with Crippen molar-refractivity contribution in [2.75, 3.05) is 11.9 Å². The molecule has 0 amide bonds. The molecule has 1 aromatic heterocycles. The molecule has 2 N–H and O–H groups in total. The van der Waals surface area contributed by atoms with E-state index in [4.69, 9.17) is 5.73 Å². The summed E-state index contributed by atoms with van der Waals surface area (Å²) in [6.45, 7) is 4.57. The molecule has 0 bridgehead atoms. The zero-order chi connectivity index (χ0) is 13.8. The second-order valence-electron chi connectivity index (χ2n) is 4.55. The van der Waals surface area contributed by atoms with Crippen molar-refractivity contribution in [3.63, 3.8) is 0 Å². The third-order valence-electron chi connectivity index (χ3n) is 3.12. The summed E-state index contributed by atoms with van der Waals surface area (Å²) in [4.78, 5) is 11.0. The summed E-state index contributed by atoms with van der Waals surface area (Å²) >= 11 is 0. The maximum absolute atomic E-state index is 5.68. The van der Waals surface area contributed by atoms with E-state index in [1.807, 2.05) is 32.2 Å². The predicted molar refractivity (Wildman–Crippen MR) is 78.5 cm³/mol. The Bertz CT molecular complexity index is 566. The molecule has 0 saturated heterocycles. The molecule has 2 rings (SSSR count). The van der Waals surface area contributed by atoms with Crippen LogP contribution in [0.5, 0.6) is 0 Å². The van der Waals surface area contributed by atoms with E-state index < -0.39 is 0 Å². The summed E-state index contributed by atoms with van der Waals surface area (Å²) in [5.74, 6) is 1.72. The fourth-order valence-electron chi connectivity index (χ4n) is 1.99. The van der Waals surface area contributed by atoms with Gasteiger partial charge in [-0.25, -0.2) is 9.97 Å². The van der Waals surface area contributed by atoms with Crippen molar-refractivity contribution in [3.8, 4) is 0 Å². The van der Waals surface area contributed by atoms with Crippen molar-refractivity contribution in [2.24, 2.45) is 5.73 Å². The van der Waals surface area contributed by atoms with Gasteiger partial charge < -0.3 is 10.6 Å². The average molecular weight is 256 g/mol. The van der Waals surface area contributed by atoms with Gasteiger partial charge in [0.15, 0.2) is 0 Å². The second kappa shape index (κ2) is 5.80. The van der Waals surface area contributed by atoms with Crippen LogP contribution in [-0.2, 0) is 13.0 Å². The van der Waals surface area contributed by atoms with Crippen LogP contribution in [0.4, 0.5) is 11.5 Å². The van der Waals surface area contributed by atoms with Crippen molar-refractivity contribution in [2.45, 2.75) is 26.8 Å². The van der Waals surface area contributed by atoms with Crippen molar-refractivity contribution in [1.82, 2.24) is 9.97 Å². The minimum absolute atomic E-state index is 0.546. The predicted octanol–water partition coefficient (Wildman–Crippen LogP) is 2.57. The van der Waals surface area contributed by atoms with E-state index in [0.717, 1.165) is 35.0 Å². The molecule has 0 fully saturated rings. The van der Waals surface area contributed by atoms with Crippen LogP contribution >= 0.6 is 0 Å². The van der Waals surface area contributed by atoms with E-state index in [-0.39, 0.29) is 0 Å². The maximum atomic E-state index is 5.68. The van der Waals surface area contributed by atoms with Crippen molar-refractivity contribution >= 4 is 11.5 Å². The van der Waals surface area contributed by atoms with Gasteiger partial charge in [-0.3, -0.25) is 0 Å². The molecular formula is C15H20N4. The molecule has 0 saturated carbocycles. The van der Waals surface area contributed by atoms with E-state index in [1.165, 1.54) is 0 Å². The lowest BCUT2D eigenvalue weighted by molar-refractivity contribution is 0.933. The molecular weight excluding hydrogens is 236 g/mol. The van der Waals surface area contributed by atoms with E-state index in [1.54, 1.807) is 0 Å². The van der Waals surface area contributed by atoms with Gasteiger partial charge in [0, 0.05) is 31.0 Å². The third kappa shape index (κ3) is 3.09. The first-order chi connectivity index (χ1) is 9.13. The van der Waals surface area contributed by atoms with Gasteiger partial charge in [0.25, 0.3) is 0 Å². The normalized spacial score (nSPS) is 10.5. The van der Waals surface area contributed by atoms with E-state index in [0.29, 0.717) is 6.54 Å². The number of nitrogens with two attached hydrogens (primary N) is 1. The Balaban J connectivity index is 2.37. The standard InChI is InChI=1S/C15H20N4/c1-4-13-9-15(18-11(2)17-13)19(3)14-7-5-6-12(8-14)10-16/h5-9H,4,10,16H2,1-3H3. The Morgan fingerprint density at radius 1 is 1.21 bits per heavy atom. The Hall–Kier alpha value is -1.94. The van der Waals surface area contributed by atoms with Crippen LogP contribution in [0.1, 0.15) is 24.0 Å². The quantitative estimate of drug-likeness (QED) is 0.913. The van der Waals surface area contributed by atoms with Crippen LogP contribution in [0.15, 0.2) is 30.3 Å². The summed E-state index contributed by atoms with van der Waals surface area (Å²) in [6.07, 6.45) is 0.910. The Kier molecular flexibility index (Phi) is 4.12. The van der Waals surface area contributed by atoms with E-state index >= 15 is 0 Å². The summed E-state index contributed by atoms with van der Waals surface area (Å²) in [5, 5.41) is 0. The molecule has 1 aromatic carbocycles. The number of benzene rings is 1. The SMILES string of the molecule is CCc1cc(N(C)c2cccc(CN)c2)nc(C)n1. The monoisotopic (exact) mass is 256 g/mol. The number of hydrogen-bond acceptors (Lipinski definition) is 4. The maximum Gasteiger partial charge on any atom is 0.136 e. The molecule has 1 heterocycles. The lowest BCUT2D eigenvalue weighted by Gasteiger charge is -2.20. The lowest BCUT2D eigenvalue weighted by Crippen LogP contribution is -2.13. The minimum atomic E-state index is 0.546. The molecule has 4 nitrogen and oxygen atoms in total. The van der Waals surface area contributed by atoms with Crippen LogP contribution in [0, 0.1) is 6.92 Å². The molecule has 0 unspecified atom stereocenters. The van der Waals surface area contributed by atoms with Gasteiger partial charge >= 0.3 is 0 Å². The fraction of sp³-hybridized carbons (Fsp3) is 0.333. The largest absolute Gasteiger partial charge is 0.329 e. The molecule has 0 atom stereocenters. The second-order valence-corrected chi connectivity index (χ2v) is 4.55. The number of anilines is 2. The number of rotatable bonds is 4. The first-order valence-corrected chi connectivity index (χ1v) is 6.51. The zero-order valence-corrected chi connectivity index (χ0v) is 11.7. The Labute approximate surface area is 114 Å². The highest BCUT2D eigenvalue weighted by Crippen LogP contribution is 2.23. The summed E-state index contributed by atoms with van der Waals surface area (Å²) in [7, 11) is 2.01. The summed E-state index contributed by atoms with van der Waals surface area (Å²) < 4.78 is 0. The Morgan fingerprint density at radius 3 is 2.68 bits per heavy atom. The van der Waals surface area contributed by atoms with Gasteiger partial charge in [0.2, 0.25) is 0 Å². The molecule has 2 aromatic rings. The first kappa shape index (κ1) is 13.5. The van der Waals surface area contributed by atoms with Crippen LogP contribution in [0.2, 0.25) is 0 Å². The molecule has 0 radical (unpaired) electrons. The van der Waals surface area contributed by atoms with Crippen LogP contribution < -0.4 is 10.6 Å². The summed E-state index contributed by atoms with van der Waals surface area (Å²) in [6, 6.07) is 10.2. The highest BCUT2D eigenvalue weighted by Gasteiger charge is 2.08. The van der Waals surface area contributed by atoms with Gasteiger partial charge in [0.1, 0.15) is 11.6 Å². The van der Waals surface area contributed by atoms with Crippen LogP contribution in [0.3, 0.4) is 0 Å². The van der Waals surface area contributed by atoms with E-state index in [9.17, 15) is 0 Å². The summed E-state index contributed by atoms with van der Waals surface area (Å²) in [5.41, 5.74) is 8.95. The molecule has 19 heavy (non-hydrogen) atoms. The number of aromatic nitrogens is 2. The number of nitrogens with zero attached hydrogens (tertiary/aromatic N) is 3. The zero-order valence-electron chi connectivity index (χ0n) is 11.7. The number of aryl methyl sites for hydroxylation is 2. The number of hydrogen-bond donors (Lipinski definition) is 1. The van der Waals surface area contributed by atoms with Crippen molar-refractivity contribution in [1.29, 1.82) is 0 Å². The molecule has 100 valence electrons. The van der Waals surface area contributed by atoms with E-state index in [2.05, 4.69) is 33.9 Å². The molecule has 0 aliphatic heterocycles. The minimum Gasteiger partial charge on any atom is -0.329 e. The van der Waals surface area contributed by atoms with Crippen LogP contribution in [0.25, 0.3) is 0 Å². The smallest absolute Gasteiger partial charge is 0.136 e. The van der Waals surface area contributed by atoms with Crippen molar-refractivity contribution < 1.29 is 0 Å². The molecule has 0 spiro atoms. The van der Waals surface area contributed by atoms with Gasteiger partial charge in [-0.2, -0.15) is 0 Å². The topological polar surface area (TPSA) is 55.0 Å². The third-order valence-corrected chi connectivity index (χ3v) is 3.12. The van der Waals surface area contributed by atoms with Gasteiger partial charge in [-0.1, -0.05) is 19.1 Å². The highest BCUT2D eigenvalue weighted by molar-refractivity contribution is 5.60.